The highest BCUT2D eigenvalue weighted by Crippen LogP contribution is 2.32. The molecule has 0 atom stereocenters. The van der Waals surface area contributed by atoms with E-state index in [9.17, 15) is 4.79 Å². The van der Waals surface area contributed by atoms with Crippen LogP contribution in [0.25, 0.3) is 0 Å². The minimum absolute atomic E-state index is 0.0376. The Kier molecular flexibility index (Phi) is 7.71. The zero-order chi connectivity index (χ0) is 15.8. The van der Waals surface area contributed by atoms with E-state index in [1.807, 2.05) is 6.92 Å². The Labute approximate surface area is 136 Å². The molecule has 2 rings (SSSR count). The first kappa shape index (κ1) is 17.8. The van der Waals surface area contributed by atoms with Gasteiger partial charge in [-0.3, -0.25) is 4.79 Å². The molecule has 1 heterocycles. The van der Waals surface area contributed by atoms with Gasteiger partial charge in [0.15, 0.2) is 0 Å². The van der Waals surface area contributed by atoms with Gasteiger partial charge in [0.2, 0.25) is 0 Å². The van der Waals surface area contributed by atoms with Crippen molar-refractivity contribution < 1.29 is 9.53 Å². The van der Waals surface area contributed by atoms with E-state index >= 15 is 0 Å². The number of likely N-dealkylation sites (tertiary alicyclic amines) is 1. The fourth-order valence-electron chi connectivity index (χ4n) is 4.23. The summed E-state index contributed by atoms with van der Waals surface area (Å²) in [5.74, 6) is 1.18. The van der Waals surface area contributed by atoms with Gasteiger partial charge in [-0.15, -0.1) is 0 Å². The summed E-state index contributed by atoms with van der Waals surface area (Å²) in [4.78, 5) is 14.5. The maximum Gasteiger partial charge on any atom is 0.308 e. The van der Waals surface area contributed by atoms with Crippen LogP contribution in [0, 0.1) is 11.8 Å². The average Bonchev–Trinajstić information content (AvgIpc) is 2.56. The number of piperidine rings is 1. The lowest BCUT2D eigenvalue weighted by Crippen LogP contribution is -2.43. The van der Waals surface area contributed by atoms with E-state index in [1.165, 1.54) is 64.5 Å². The first-order valence-electron chi connectivity index (χ1n) is 9.65. The zero-order valence-electron chi connectivity index (χ0n) is 14.7. The second-order valence-electron chi connectivity index (χ2n) is 7.23. The molecule has 0 N–H and O–H groups in total. The first-order chi connectivity index (χ1) is 10.7. The van der Waals surface area contributed by atoms with E-state index in [-0.39, 0.29) is 11.9 Å². The van der Waals surface area contributed by atoms with Crippen molar-refractivity contribution in [1.82, 2.24) is 4.90 Å². The second kappa shape index (κ2) is 9.54. The molecule has 1 saturated carbocycles. The third-order valence-corrected chi connectivity index (χ3v) is 5.70. The fraction of sp³-hybridized carbons (Fsp3) is 0.947. The largest absolute Gasteiger partial charge is 0.466 e. The predicted octanol–water partition coefficient (Wildman–Crippen LogP) is 4.40. The quantitative estimate of drug-likeness (QED) is 0.515. The SMILES string of the molecule is CCCCCC1CCN([C@H]2CC[C@H](C(=O)OCC)CC2)CC1. The van der Waals surface area contributed by atoms with Crippen molar-refractivity contribution in [3.05, 3.63) is 0 Å². The molecule has 2 fully saturated rings. The monoisotopic (exact) mass is 309 g/mol. The van der Waals surface area contributed by atoms with E-state index in [1.54, 1.807) is 0 Å². The van der Waals surface area contributed by atoms with Gasteiger partial charge in [0.05, 0.1) is 12.5 Å². The van der Waals surface area contributed by atoms with E-state index in [2.05, 4.69) is 11.8 Å². The third kappa shape index (κ3) is 5.26. The number of hydrogen-bond acceptors (Lipinski definition) is 3. The molecule has 0 aromatic rings. The van der Waals surface area contributed by atoms with Crippen LogP contribution in [0.4, 0.5) is 0 Å². The lowest BCUT2D eigenvalue weighted by molar-refractivity contribution is -0.149. The second-order valence-corrected chi connectivity index (χ2v) is 7.23. The Bertz CT molecular complexity index is 315. The molecular weight excluding hydrogens is 274 g/mol. The molecule has 0 aromatic carbocycles. The summed E-state index contributed by atoms with van der Waals surface area (Å²) in [6.07, 6.45) is 12.8. The van der Waals surface area contributed by atoms with Crippen LogP contribution in [0.5, 0.6) is 0 Å². The van der Waals surface area contributed by atoms with Crippen LogP contribution in [0.2, 0.25) is 0 Å². The van der Waals surface area contributed by atoms with E-state index in [0.717, 1.165) is 24.8 Å². The molecule has 0 aromatic heterocycles. The molecule has 1 aliphatic carbocycles. The van der Waals surface area contributed by atoms with Crippen LogP contribution in [-0.4, -0.2) is 36.6 Å². The number of carbonyl (C=O) groups excluding carboxylic acids is 1. The highest BCUT2D eigenvalue weighted by molar-refractivity contribution is 5.72. The molecule has 1 aliphatic heterocycles. The number of rotatable bonds is 7. The van der Waals surface area contributed by atoms with Crippen LogP contribution in [-0.2, 0) is 9.53 Å². The third-order valence-electron chi connectivity index (χ3n) is 5.70. The molecule has 128 valence electrons. The minimum atomic E-state index is 0.0376. The lowest BCUT2D eigenvalue weighted by Gasteiger charge is -2.40. The topological polar surface area (TPSA) is 29.5 Å². The van der Waals surface area contributed by atoms with Crippen molar-refractivity contribution in [2.45, 2.75) is 84.1 Å². The Hall–Kier alpha value is -0.570. The van der Waals surface area contributed by atoms with Gasteiger partial charge in [-0.2, -0.15) is 0 Å². The molecule has 0 unspecified atom stereocenters. The molecule has 1 saturated heterocycles. The van der Waals surface area contributed by atoms with E-state index in [4.69, 9.17) is 4.74 Å². The molecule has 0 bridgehead atoms. The number of unbranched alkanes of at least 4 members (excludes halogenated alkanes) is 2. The number of esters is 1. The van der Waals surface area contributed by atoms with Crippen molar-refractivity contribution >= 4 is 5.97 Å². The van der Waals surface area contributed by atoms with Crippen LogP contribution in [0.1, 0.15) is 78.1 Å². The normalized spacial score (nSPS) is 27.7. The number of carbonyl (C=O) groups is 1. The Balaban J connectivity index is 1.65. The summed E-state index contributed by atoms with van der Waals surface area (Å²) < 4.78 is 5.17. The predicted molar refractivity (Wildman–Crippen MR) is 90.8 cm³/mol. The van der Waals surface area contributed by atoms with E-state index in [0.29, 0.717) is 6.61 Å². The highest BCUT2D eigenvalue weighted by Gasteiger charge is 2.31. The van der Waals surface area contributed by atoms with Crippen molar-refractivity contribution in [2.75, 3.05) is 19.7 Å². The maximum absolute atomic E-state index is 11.8. The number of nitrogens with zero attached hydrogens (tertiary/aromatic N) is 1. The van der Waals surface area contributed by atoms with Crippen LogP contribution in [0.3, 0.4) is 0 Å². The van der Waals surface area contributed by atoms with Gasteiger partial charge in [-0.25, -0.2) is 0 Å². The molecule has 2 aliphatic rings. The summed E-state index contributed by atoms with van der Waals surface area (Å²) >= 11 is 0. The summed E-state index contributed by atoms with van der Waals surface area (Å²) in [6.45, 7) is 7.27. The van der Waals surface area contributed by atoms with Crippen molar-refractivity contribution in [1.29, 1.82) is 0 Å². The summed E-state index contributed by atoms with van der Waals surface area (Å²) in [6, 6.07) is 0.724. The van der Waals surface area contributed by atoms with Gasteiger partial charge >= 0.3 is 5.97 Å². The van der Waals surface area contributed by atoms with Gasteiger partial charge in [-0.1, -0.05) is 32.6 Å². The molecule has 3 heteroatoms. The van der Waals surface area contributed by atoms with Crippen molar-refractivity contribution in [3.8, 4) is 0 Å². The molecule has 22 heavy (non-hydrogen) atoms. The number of hydrogen-bond donors (Lipinski definition) is 0. The highest BCUT2D eigenvalue weighted by atomic mass is 16.5. The van der Waals surface area contributed by atoms with Crippen molar-refractivity contribution in [2.24, 2.45) is 11.8 Å². The lowest BCUT2D eigenvalue weighted by atomic mass is 9.83. The molecule has 0 spiro atoms. The molecular formula is C19H35NO2. The molecule has 0 radical (unpaired) electrons. The average molecular weight is 309 g/mol. The van der Waals surface area contributed by atoms with Gasteiger partial charge in [0.1, 0.15) is 0 Å². The minimum Gasteiger partial charge on any atom is -0.466 e. The van der Waals surface area contributed by atoms with Crippen LogP contribution >= 0.6 is 0 Å². The summed E-state index contributed by atoms with van der Waals surface area (Å²) in [7, 11) is 0. The van der Waals surface area contributed by atoms with E-state index < -0.39 is 0 Å². The van der Waals surface area contributed by atoms with Crippen LogP contribution in [0.15, 0.2) is 0 Å². The standard InChI is InChI=1S/C19H35NO2/c1-3-5-6-7-16-12-14-20(15-13-16)18-10-8-17(9-11-18)19(21)22-4-2/h16-18H,3-15H2,1-2H3/t17-,18-. The molecule has 3 nitrogen and oxygen atoms in total. The molecule has 0 amide bonds. The van der Waals surface area contributed by atoms with Gasteiger partial charge in [-0.05, 0) is 64.5 Å². The van der Waals surface area contributed by atoms with Gasteiger partial charge in [0, 0.05) is 6.04 Å². The fourth-order valence-corrected chi connectivity index (χ4v) is 4.23. The Morgan fingerprint density at radius 3 is 2.27 bits per heavy atom. The Morgan fingerprint density at radius 2 is 1.68 bits per heavy atom. The first-order valence-corrected chi connectivity index (χ1v) is 9.65. The Morgan fingerprint density at radius 1 is 1.00 bits per heavy atom. The number of ether oxygens (including phenoxy) is 1. The van der Waals surface area contributed by atoms with Crippen LogP contribution < -0.4 is 0 Å². The van der Waals surface area contributed by atoms with Gasteiger partial charge < -0.3 is 9.64 Å². The zero-order valence-corrected chi connectivity index (χ0v) is 14.7. The summed E-state index contributed by atoms with van der Waals surface area (Å²) in [5.41, 5.74) is 0. The maximum atomic E-state index is 11.8. The van der Waals surface area contributed by atoms with Gasteiger partial charge in [0.25, 0.3) is 0 Å². The van der Waals surface area contributed by atoms with Crippen molar-refractivity contribution in [3.63, 3.8) is 0 Å². The summed E-state index contributed by atoms with van der Waals surface area (Å²) in [5, 5.41) is 0. The smallest absolute Gasteiger partial charge is 0.308 e.